The van der Waals surface area contributed by atoms with Crippen molar-refractivity contribution < 1.29 is 9.90 Å². The van der Waals surface area contributed by atoms with Gasteiger partial charge in [0, 0.05) is 16.2 Å². The molecular weight excluding hydrogens is 248 g/mol. The molecule has 1 aromatic carbocycles. The summed E-state index contributed by atoms with van der Waals surface area (Å²) in [7, 11) is 0. The third kappa shape index (κ3) is 2.29. The monoisotopic (exact) mass is 262 g/mol. The molecule has 0 saturated carbocycles. The molecule has 18 heavy (non-hydrogen) atoms. The lowest BCUT2D eigenvalue weighted by Gasteiger charge is -2.19. The Kier molecular flexibility index (Phi) is 2.99. The van der Waals surface area contributed by atoms with E-state index in [4.69, 9.17) is 5.11 Å². The van der Waals surface area contributed by atoms with Crippen LogP contribution in [0.3, 0.4) is 0 Å². The molecule has 0 saturated heterocycles. The molecule has 3 nitrogen and oxygen atoms in total. The summed E-state index contributed by atoms with van der Waals surface area (Å²) in [6.45, 7) is 6.23. The van der Waals surface area contributed by atoms with E-state index >= 15 is 0 Å². The Hall–Kier alpha value is -1.68. The van der Waals surface area contributed by atoms with Gasteiger partial charge in [-0.15, -0.1) is 11.3 Å². The van der Waals surface area contributed by atoms with Crippen LogP contribution in [0.4, 0.5) is 0 Å². The lowest BCUT2D eigenvalue weighted by molar-refractivity contribution is 0.0702. The molecule has 0 atom stereocenters. The van der Waals surface area contributed by atoms with Gasteiger partial charge >= 0.3 is 5.97 Å². The van der Waals surface area contributed by atoms with Gasteiger partial charge in [-0.25, -0.2) is 4.79 Å². The van der Waals surface area contributed by atoms with Crippen LogP contribution in [0.5, 0.6) is 0 Å². The van der Waals surface area contributed by atoms with Crippen LogP contribution in [-0.4, -0.2) is 11.1 Å². The second-order valence-electron chi connectivity index (χ2n) is 5.24. The quantitative estimate of drug-likeness (QED) is 0.858. The number of rotatable bonds is 1. The van der Waals surface area contributed by atoms with Gasteiger partial charge in [0.25, 0.3) is 0 Å². The van der Waals surface area contributed by atoms with E-state index in [1.807, 2.05) is 18.2 Å². The molecule has 0 aliphatic rings. The maximum absolute atomic E-state index is 11.9. The van der Waals surface area contributed by atoms with Crippen molar-refractivity contribution in [2.45, 2.75) is 26.2 Å². The molecule has 1 aromatic heterocycles. The van der Waals surface area contributed by atoms with Crippen molar-refractivity contribution in [1.82, 2.24) is 0 Å². The highest BCUT2D eigenvalue weighted by Gasteiger charge is 2.15. The molecule has 0 radical (unpaired) electrons. The Morgan fingerprint density at radius 3 is 2.44 bits per heavy atom. The zero-order chi connectivity index (χ0) is 13.5. The van der Waals surface area contributed by atoms with Gasteiger partial charge in [-0.1, -0.05) is 26.8 Å². The first-order chi connectivity index (χ1) is 8.29. The van der Waals surface area contributed by atoms with E-state index in [9.17, 15) is 9.59 Å². The van der Waals surface area contributed by atoms with Crippen molar-refractivity contribution in [3.63, 3.8) is 0 Å². The molecule has 4 heteroatoms. The van der Waals surface area contributed by atoms with Crippen LogP contribution in [0.25, 0.3) is 10.1 Å². The average Bonchev–Trinajstić information content (AvgIpc) is 2.27. The highest BCUT2D eigenvalue weighted by molar-refractivity contribution is 7.20. The minimum atomic E-state index is -1.06. The van der Waals surface area contributed by atoms with Gasteiger partial charge in [0.1, 0.15) is 4.88 Å². The van der Waals surface area contributed by atoms with Gasteiger partial charge in [0.05, 0.1) is 0 Å². The van der Waals surface area contributed by atoms with Crippen LogP contribution in [-0.2, 0) is 5.41 Å². The maximum atomic E-state index is 11.9. The number of carboxylic acids is 1. The summed E-state index contributed by atoms with van der Waals surface area (Å²) in [5, 5.41) is 9.52. The largest absolute Gasteiger partial charge is 0.477 e. The predicted octanol–water partition coefficient (Wildman–Crippen LogP) is 3.26. The van der Waals surface area contributed by atoms with Crippen LogP contribution in [0.15, 0.2) is 29.1 Å². The first kappa shape index (κ1) is 12.8. The Morgan fingerprint density at radius 2 is 1.89 bits per heavy atom. The van der Waals surface area contributed by atoms with Crippen LogP contribution in [0.2, 0.25) is 0 Å². The molecule has 0 amide bonds. The summed E-state index contributed by atoms with van der Waals surface area (Å²) in [6.07, 6.45) is 0. The molecule has 2 rings (SSSR count). The SMILES string of the molecule is CC(C)(C)c1ccc2sc(C(=O)O)cc(=O)c2c1. The van der Waals surface area contributed by atoms with Crippen LogP contribution >= 0.6 is 11.3 Å². The summed E-state index contributed by atoms with van der Waals surface area (Å²) in [5.41, 5.74) is 0.811. The number of carbonyl (C=O) groups is 1. The lowest BCUT2D eigenvalue weighted by atomic mass is 9.86. The number of aromatic carboxylic acids is 1. The molecule has 0 spiro atoms. The summed E-state index contributed by atoms with van der Waals surface area (Å²) >= 11 is 1.13. The minimum absolute atomic E-state index is 0.0310. The zero-order valence-electron chi connectivity index (χ0n) is 10.5. The van der Waals surface area contributed by atoms with Gasteiger partial charge in [-0.3, -0.25) is 4.79 Å². The third-order valence-corrected chi connectivity index (χ3v) is 3.89. The van der Waals surface area contributed by atoms with Crippen molar-refractivity contribution >= 4 is 27.4 Å². The molecule has 0 fully saturated rings. The number of benzene rings is 1. The van der Waals surface area contributed by atoms with E-state index in [2.05, 4.69) is 20.8 Å². The van der Waals surface area contributed by atoms with Crippen LogP contribution < -0.4 is 5.43 Å². The summed E-state index contributed by atoms with van der Waals surface area (Å²) in [6, 6.07) is 6.83. The Balaban J connectivity index is 2.74. The van der Waals surface area contributed by atoms with E-state index < -0.39 is 5.97 Å². The van der Waals surface area contributed by atoms with Crippen molar-refractivity contribution in [2.75, 3.05) is 0 Å². The first-order valence-electron chi connectivity index (χ1n) is 5.61. The van der Waals surface area contributed by atoms with Crippen molar-refractivity contribution in [3.05, 3.63) is 44.9 Å². The maximum Gasteiger partial charge on any atom is 0.346 e. The molecule has 1 N–H and O–H groups in total. The van der Waals surface area contributed by atoms with Crippen LogP contribution in [0.1, 0.15) is 36.0 Å². The molecule has 0 unspecified atom stereocenters. The van der Waals surface area contributed by atoms with E-state index in [0.717, 1.165) is 16.9 Å². The van der Waals surface area contributed by atoms with Gasteiger partial charge in [-0.2, -0.15) is 0 Å². The topological polar surface area (TPSA) is 54.4 Å². The number of carboxylic acid groups (broad SMARTS) is 1. The van der Waals surface area contributed by atoms with Gasteiger partial charge in [0.2, 0.25) is 0 Å². The Labute approximate surface area is 109 Å². The van der Waals surface area contributed by atoms with E-state index in [-0.39, 0.29) is 15.7 Å². The normalized spacial score (nSPS) is 11.7. The number of fused-ring (bicyclic) bond motifs is 1. The first-order valence-corrected chi connectivity index (χ1v) is 6.42. The van der Waals surface area contributed by atoms with Gasteiger partial charge in [0.15, 0.2) is 5.43 Å². The van der Waals surface area contributed by atoms with Gasteiger partial charge in [-0.05, 0) is 23.1 Å². The summed E-state index contributed by atoms with van der Waals surface area (Å²) in [4.78, 5) is 22.9. The van der Waals surface area contributed by atoms with Gasteiger partial charge < -0.3 is 5.11 Å². The Bertz CT molecular complexity index is 677. The fourth-order valence-electron chi connectivity index (χ4n) is 1.73. The third-order valence-electron chi connectivity index (χ3n) is 2.80. The second kappa shape index (κ2) is 4.21. The number of hydrogen-bond donors (Lipinski definition) is 1. The van der Waals surface area contributed by atoms with E-state index in [0.29, 0.717) is 10.1 Å². The van der Waals surface area contributed by atoms with Crippen LogP contribution in [0, 0.1) is 0 Å². The molecular formula is C14H14O3S. The molecule has 94 valence electrons. The Morgan fingerprint density at radius 1 is 1.22 bits per heavy atom. The molecule has 0 bridgehead atoms. The molecule has 0 aliphatic carbocycles. The average molecular weight is 262 g/mol. The van der Waals surface area contributed by atoms with E-state index in [1.54, 1.807) is 0 Å². The standard InChI is InChI=1S/C14H14O3S/c1-14(2,3)8-4-5-11-9(6-8)10(15)7-12(18-11)13(16)17/h4-7H,1-3H3,(H,16,17). The highest BCUT2D eigenvalue weighted by Crippen LogP contribution is 2.27. The summed E-state index contributed by atoms with van der Waals surface area (Å²) < 4.78 is 0.716. The van der Waals surface area contributed by atoms with Crippen molar-refractivity contribution in [1.29, 1.82) is 0 Å². The molecule has 1 heterocycles. The van der Waals surface area contributed by atoms with Crippen molar-refractivity contribution in [2.24, 2.45) is 0 Å². The number of hydrogen-bond acceptors (Lipinski definition) is 3. The fraction of sp³-hybridized carbons (Fsp3) is 0.286. The highest BCUT2D eigenvalue weighted by atomic mass is 32.1. The fourth-order valence-corrected chi connectivity index (χ4v) is 2.62. The zero-order valence-corrected chi connectivity index (χ0v) is 11.3. The molecule has 2 aromatic rings. The second-order valence-corrected chi connectivity index (χ2v) is 6.32. The smallest absolute Gasteiger partial charge is 0.346 e. The lowest BCUT2D eigenvalue weighted by Crippen LogP contribution is -2.12. The van der Waals surface area contributed by atoms with E-state index in [1.165, 1.54) is 6.07 Å². The predicted molar refractivity (Wildman–Crippen MR) is 73.8 cm³/mol. The summed E-state index contributed by atoms with van der Waals surface area (Å²) in [5.74, 6) is -1.06. The minimum Gasteiger partial charge on any atom is -0.477 e. The molecule has 0 aliphatic heterocycles. The van der Waals surface area contributed by atoms with Crippen molar-refractivity contribution in [3.8, 4) is 0 Å².